The summed E-state index contributed by atoms with van der Waals surface area (Å²) in [5.41, 5.74) is 2.19. The van der Waals surface area contributed by atoms with Crippen molar-refractivity contribution in [1.82, 2.24) is 14.8 Å². The summed E-state index contributed by atoms with van der Waals surface area (Å²) in [5.74, 6) is -0.342. The highest BCUT2D eigenvalue weighted by Crippen LogP contribution is 2.27. The summed E-state index contributed by atoms with van der Waals surface area (Å²) in [6.07, 6.45) is 4.03. The van der Waals surface area contributed by atoms with Gasteiger partial charge in [-0.25, -0.2) is 14.1 Å². The fourth-order valence-electron chi connectivity index (χ4n) is 3.12. The van der Waals surface area contributed by atoms with Gasteiger partial charge in [0.2, 0.25) is 5.91 Å². The smallest absolute Gasteiger partial charge is 0.232 e. The lowest BCUT2D eigenvalue weighted by Crippen LogP contribution is -2.32. The number of nitrogens with one attached hydrogen (secondary N) is 1. The van der Waals surface area contributed by atoms with E-state index in [9.17, 15) is 9.18 Å². The van der Waals surface area contributed by atoms with Gasteiger partial charge in [0.05, 0.1) is 17.4 Å². The van der Waals surface area contributed by atoms with E-state index in [0.29, 0.717) is 11.6 Å². The van der Waals surface area contributed by atoms with Crippen LogP contribution in [-0.2, 0) is 11.2 Å². The van der Waals surface area contributed by atoms with Crippen molar-refractivity contribution in [2.45, 2.75) is 20.3 Å². The minimum Gasteiger partial charge on any atom is -0.302 e. The van der Waals surface area contributed by atoms with E-state index in [1.807, 2.05) is 37.4 Å². The summed E-state index contributed by atoms with van der Waals surface area (Å²) in [6, 6.07) is 12.3. The second-order valence-corrected chi connectivity index (χ2v) is 8.17. The molecule has 2 aromatic heterocycles. The molecule has 0 aliphatic carbocycles. The number of fused-ring (bicyclic) bond motifs is 1. The first kappa shape index (κ1) is 18.3. The predicted octanol–water partition coefficient (Wildman–Crippen LogP) is 4.83. The Hall–Kier alpha value is -3.06. The number of thiazole rings is 1. The minimum atomic E-state index is -0.591. The van der Waals surface area contributed by atoms with Crippen molar-refractivity contribution >= 4 is 33.3 Å². The van der Waals surface area contributed by atoms with E-state index in [-0.39, 0.29) is 11.7 Å². The predicted molar refractivity (Wildman–Crippen MR) is 109 cm³/mol. The van der Waals surface area contributed by atoms with Gasteiger partial charge in [0.1, 0.15) is 5.82 Å². The van der Waals surface area contributed by atoms with Gasteiger partial charge in [-0.2, -0.15) is 5.10 Å². The SMILES string of the molecule is CC(C)(Cc1ccc2c(cnn2-c2ccc(F)cc2)c1)C(=O)Nc1nccs1. The molecule has 7 heteroatoms. The summed E-state index contributed by atoms with van der Waals surface area (Å²) in [7, 11) is 0. The first-order valence-corrected chi connectivity index (χ1v) is 9.74. The van der Waals surface area contributed by atoms with Crippen molar-refractivity contribution in [2.75, 3.05) is 5.32 Å². The number of carbonyl (C=O) groups excluding carboxylic acids is 1. The van der Waals surface area contributed by atoms with E-state index in [1.54, 1.807) is 29.2 Å². The first-order chi connectivity index (χ1) is 13.4. The van der Waals surface area contributed by atoms with Gasteiger partial charge < -0.3 is 5.32 Å². The maximum absolute atomic E-state index is 13.2. The third-order valence-electron chi connectivity index (χ3n) is 4.62. The van der Waals surface area contributed by atoms with Gasteiger partial charge in [-0.3, -0.25) is 4.79 Å². The molecule has 1 amide bonds. The summed E-state index contributed by atoms with van der Waals surface area (Å²) >= 11 is 1.40. The van der Waals surface area contributed by atoms with Crippen LogP contribution in [0.4, 0.5) is 9.52 Å². The van der Waals surface area contributed by atoms with Crippen LogP contribution in [0.3, 0.4) is 0 Å². The van der Waals surface area contributed by atoms with Crippen LogP contribution in [-0.4, -0.2) is 20.7 Å². The number of rotatable bonds is 5. The van der Waals surface area contributed by atoms with Crippen LogP contribution in [0.5, 0.6) is 0 Å². The molecule has 0 aliphatic heterocycles. The number of carbonyl (C=O) groups is 1. The quantitative estimate of drug-likeness (QED) is 0.527. The van der Waals surface area contributed by atoms with Gasteiger partial charge >= 0.3 is 0 Å². The monoisotopic (exact) mass is 394 g/mol. The second-order valence-electron chi connectivity index (χ2n) is 7.28. The summed E-state index contributed by atoms with van der Waals surface area (Å²) in [4.78, 5) is 16.7. The third kappa shape index (κ3) is 3.66. The molecule has 0 saturated heterocycles. The molecule has 0 saturated carbocycles. The second kappa shape index (κ2) is 7.16. The molecule has 0 aliphatic rings. The summed E-state index contributed by atoms with van der Waals surface area (Å²) < 4.78 is 14.9. The topological polar surface area (TPSA) is 59.8 Å². The summed E-state index contributed by atoms with van der Waals surface area (Å²) in [6.45, 7) is 3.84. The van der Waals surface area contributed by atoms with Crippen LogP contribution in [0.1, 0.15) is 19.4 Å². The highest BCUT2D eigenvalue weighted by molar-refractivity contribution is 7.13. The molecular formula is C21H19FN4OS. The zero-order valence-corrected chi connectivity index (χ0v) is 16.3. The Morgan fingerprint density at radius 1 is 1.21 bits per heavy atom. The van der Waals surface area contributed by atoms with Crippen molar-refractivity contribution in [3.05, 3.63) is 71.6 Å². The number of amides is 1. The fraction of sp³-hybridized carbons (Fsp3) is 0.190. The Kier molecular flexibility index (Phi) is 4.68. The van der Waals surface area contributed by atoms with Gasteiger partial charge in [0.25, 0.3) is 0 Å². The van der Waals surface area contributed by atoms with Gasteiger partial charge in [0, 0.05) is 22.4 Å². The van der Waals surface area contributed by atoms with Crippen LogP contribution < -0.4 is 5.32 Å². The number of anilines is 1. The lowest BCUT2D eigenvalue weighted by Gasteiger charge is -2.23. The van der Waals surface area contributed by atoms with Crippen LogP contribution in [0.15, 0.2) is 60.2 Å². The van der Waals surface area contributed by atoms with Crippen molar-refractivity contribution < 1.29 is 9.18 Å². The molecule has 0 spiro atoms. The van der Waals surface area contributed by atoms with Gasteiger partial charge in [-0.05, 0) is 48.4 Å². The molecule has 2 heterocycles. The molecule has 4 rings (SSSR count). The Morgan fingerprint density at radius 3 is 2.71 bits per heavy atom. The Balaban J connectivity index is 1.56. The van der Waals surface area contributed by atoms with E-state index in [0.717, 1.165) is 22.2 Å². The van der Waals surface area contributed by atoms with Crippen LogP contribution in [0, 0.1) is 11.2 Å². The largest absolute Gasteiger partial charge is 0.302 e. The maximum Gasteiger partial charge on any atom is 0.232 e. The number of hydrogen-bond donors (Lipinski definition) is 1. The molecule has 5 nitrogen and oxygen atoms in total. The van der Waals surface area contributed by atoms with E-state index in [1.165, 1.54) is 23.5 Å². The van der Waals surface area contributed by atoms with Crippen molar-refractivity contribution in [2.24, 2.45) is 5.41 Å². The third-order valence-corrected chi connectivity index (χ3v) is 5.31. The highest BCUT2D eigenvalue weighted by Gasteiger charge is 2.28. The Bertz CT molecular complexity index is 1120. The Morgan fingerprint density at radius 2 is 2.00 bits per heavy atom. The zero-order chi connectivity index (χ0) is 19.7. The molecule has 142 valence electrons. The van der Waals surface area contributed by atoms with Gasteiger partial charge in [0.15, 0.2) is 5.13 Å². The van der Waals surface area contributed by atoms with Crippen molar-refractivity contribution in [1.29, 1.82) is 0 Å². The zero-order valence-electron chi connectivity index (χ0n) is 15.5. The molecule has 0 unspecified atom stereocenters. The standard InChI is InChI=1S/C21H19FN4OS/c1-21(2,19(27)25-20-23-9-10-28-20)12-14-3-8-18-15(11-14)13-24-26(18)17-6-4-16(22)5-7-17/h3-11,13H,12H2,1-2H3,(H,23,25,27). The van der Waals surface area contributed by atoms with E-state index in [2.05, 4.69) is 15.4 Å². The fourth-order valence-corrected chi connectivity index (χ4v) is 3.65. The average molecular weight is 394 g/mol. The Labute approximate surface area is 165 Å². The van der Waals surface area contributed by atoms with Crippen LogP contribution in [0.25, 0.3) is 16.6 Å². The maximum atomic E-state index is 13.2. The molecule has 1 N–H and O–H groups in total. The van der Waals surface area contributed by atoms with Crippen molar-refractivity contribution in [3.8, 4) is 5.69 Å². The lowest BCUT2D eigenvalue weighted by molar-refractivity contribution is -0.123. The number of hydrogen-bond acceptors (Lipinski definition) is 4. The number of halogens is 1. The van der Waals surface area contributed by atoms with Crippen LogP contribution in [0.2, 0.25) is 0 Å². The molecule has 2 aromatic carbocycles. The molecule has 0 radical (unpaired) electrons. The normalized spacial score (nSPS) is 11.7. The van der Waals surface area contributed by atoms with E-state index in [4.69, 9.17) is 0 Å². The average Bonchev–Trinajstić information content (AvgIpc) is 3.31. The van der Waals surface area contributed by atoms with Gasteiger partial charge in [-0.1, -0.05) is 19.9 Å². The molecule has 0 atom stereocenters. The molecule has 28 heavy (non-hydrogen) atoms. The summed E-state index contributed by atoms with van der Waals surface area (Å²) in [5, 5.41) is 10.7. The van der Waals surface area contributed by atoms with E-state index >= 15 is 0 Å². The van der Waals surface area contributed by atoms with Crippen LogP contribution >= 0.6 is 11.3 Å². The highest BCUT2D eigenvalue weighted by atomic mass is 32.1. The molecular weight excluding hydrogens is 375 g/mol. The van der Waals surface area contributed by atoms with E-state index < -0.39 is 5.41 Å². The number of benzene rings is 2. The molecule has 4 aromatic rings. The molecule has 0 fully saturated rings. The van der Waals surface area contributed by atoms with Gasteiger partial charge in [-0.15, -0.1) is 11.3 Å². The van der Waals surface area contributed by atoms with Crippen molar-refractivity contribution in [3.63, 3.8) is 0 Å². The number of aromatic nitrogens is 3. The molecule has 0 bridgehead atoms. The lowest BCUT2D eigenvalue weighted by atomic mass is 9.84. The first-order valence-electron chi connectivity index (χ1n) is 8.86. The minimum absolute atomic E-state index is 0.0652. The number of nitrogens with zero attached hydrogens (tertiary/aromatic N) is 3.